The standard InChI is InChI=1S/C27H27ClF2N4O2/c28-21-4-3-5-23(18-21)31-27(36)34(19-20-8-10-22(29)11-9-20)17-14-32-12-15-33(16-13-32)26(35)24-6-1-2-7-25(24)30/h1-11,18H,12-17,19H2,(H,31,36). The normalized spacial score (nSPS) is 13.9. The molecule has 1 N–H and O–H groups in total. The first-order valence-corrected chi connectivity index (χ1v) is 12.1. The number of urea groups is 1. The molecule has 0 saturated carbocycles. The maximum Gasteiger partial charge on any atom is 0.322 e. The predicted octanol–water partition coefficient (Wildman–Crippen LogP) is 5.11. The summed E-state index contributed by atoms with van der Waals surface area (Å²) < 4.78 is 27.4. The second-order valence-electron chi connectivity index (χ2n) is 8.60. The van der Waals surface area contributed by atoms with Crippen LogP contribution in [0.3, 0.4) is 0 Å². The number of rotatable bonds is 7. The first-order chi connectivity index (χ1) is 17.4. The number of amides is 3. The van der Waals surface area contributed by atoms with Gasteiger partial charge in [0.1, 0.15) is 11.6 Å². The zero-order chi connectivity index (χ0) is 25.5. The van der Waals surface area contributed by atoms with Crippen LogP contribution in [-0.4, -0.2) is 65.9 Å². The summed E-state index contributed by atoms with van der Waals surface area (Å²) in [5.74, 6) is -1.17. The van der Waals surface area contributed by atoms with E-state index in [1.807, 2.05) is 0 Å². The number of benzene rings is 3. The van der Waals surface area contributed by atoms with Crippen LogP contribution in [0.2, 0.25) is 5.02 Å². The molecule has 188 valence electrons. The van der Waals surface area contributed by atoms with Gasteiger partial charge in [-0.25, -0.2) is 13.6 Å². The van der Waals surface area contributed by atoms with Crippen LogP contribution in [0.1, 0.15) is 15.9 Å². The molecule has 0 atom stereocenters. The van der Waals surface area contributed by atoms with Crippen LogP contribution >= 0.6 is 11.6 Å². The van der Waals surface area contributed by atoms with E-state index in [1.54, 1.807) is 58.3 Å². The van der Waals surface area contributed by atoms with Gasteiger partial charge in [-0.15, -0.1) is 0 Å². The topological polar surface area (TPSA) is 55.9 Å². The third kappa shape index (κ3) is 6.80. The van der Waals surface area contributed by atoms with Crippen LogP contribution in [0.15, 0.2) is 72.8 Å². The first kappa shape index (κ1) is 25.6. The third-order valence-electron chi connectivity index (χ3n) is 6.10. The van der Waals surface area contributed by atoms with Crippen molar-refractivity contribution in [3.8, 4) is 0 Å². The fourth-order valence-electron chi connectivity index (χ4n) is 4.07. The quantitative estimate of drug-likeness (QED) is 0.478. The maximum absolute atomic E-state index is 14.0. The number of halogens is 3. The highest BCUT2D eigenvalue weighted by Gasteiger charge is 2.24. The van der Waals surface area contributed by atoms with Gasteiger partial charge < -0.3 is 15.1 Å². The van der Waals surface area contributed by atoms with Crippen molar-refractivity contribution in [3.63, 3.8) is 0 Å². The van der Waals surface area contributed by atoms with Crippen LogP contribution in [0.25, 0.3) is 0 Å². The average molecular weight is 513 g/mol. The summed E-state index contributed by atoms with van der Waals surface area (Å²) in [6, 6.07) is 18.6. The van der Waals surface area contributed by atoms with Gasteiger partial charge >= 0.3 is 6.03 Å². The van der Waals surface area contributed by atoms with Crippen molar-refractivity contribution in [1.29, 1.82) is 0 Å². The summed E-state index contributed by atoms with van der Waals surface area (Å²) >= 11 is 6.04. The van der Waals surface area contributed by atoms with Gasteiger partial charge in [0.05, 0.1) is 5.56 Å². The zero-order valence-corrected chi connectivity index (χ0v) is 20.4. The van der Waals surface area contributed by atoms with Gasteiger partial charge in [0.2, 0.25) is 0 Å². The molecule has 36 heavy (non-hydrogen) atoms. The van der Waals surface area contributed by atoms with Gasteiger partial charge in [0.15, 0.2) is 0 Å². The molecular weight excluding hydrogens is 486 g/mol. The molecule has 0 aromatic heterocycles. The molecule has 1 aliphatic rings. The Hall–Kier alpha value is -3.49. The molecule has 1 heterocycles. The van der Waals surface area contributed by atoms with Gasteiger partial charge in [-0.2, -0.15) is 0 Å². The van der Waals surface area contributed by atoms with Gasteiger partial charge in [-0.3, -0.25) is 9.69 Å². The summed E-state index contributed by atoms with van der Waals surface area (Å²) in [5.41, 5.74) is 1.46. The summed E-state index contributed by atoms with van der Waals surface area (Å²) in [4.78, 5) is 31.2. The van der Waals surface area contributed by atoms with E-state index in [9.17, 15) is 18.4 Å². The molecule has 0 unspecified atom stereocenters. The Morgan fingerprint density at radius 1 is 0.917 bits per heavy atom. The minimum Gasteiger partial charge on any atom is -0.336 e. The molecule has 1 fully saturated rings. The van der Waals surface area contributed by atoms with Crippen molar-refractivity contribution in [2.75, 3.05) is 44.6 Å². The predicted molar refractivity (Wildman–Crippen MR) is 136 cm³/mol. The minimum atomic E-state index is -0.521. The van der Waals surface area contributed by atoms with Crippen molar-refractivity contribution in [2.45, 2.75) is 6.54 Å². The Morgan fingerprint density at radius 2 is 1.64 bits per heavy atom. The van der Waals surface area contributed by atoms with E-state index in [1.165, 1.54) is 24.3 Å². The van der Waals surface area contributed by atoms with E-state index < -0.39 is 5.82 Å². The van der Waals surface area contributed by atoms with Gasteiger partial charge in [0.25, 0.3) is 5.91 Å². The summed E-state index contributed by atoms with van der Waals surface area (Å²) in [7, 11) is 0. The fraction of sp³-hybridized carbons (Fsp3) is 0.259. The minimum absolute atomic E-state index is 0.0779. The van der Waals surface area contributed by atoms with Crippen LogP contribution in [0.4, 0.5) is 19.3 Å². The number of carbonyl (C=O) groups is 2. The molecule has 3 aromatic rings. The average Bonchev–Trinajstić information content (AvgIpc) is 2.88. The summed E-state index contributed by atoms with van der Waals surface area (Å²) in [5, 5.41) is 3.38. The smallest absolute Gasteiger partial charge is 0.322 e. The maximum atomic E-state index is 14.0. The highest BCUT2D eigenvalue weighted by atomic mass is 35.5. The molecule has 0 spiro atoms. The Balaban J connectivity index is 1.36. The monoisotopic (exact) mass is 512 g/mol. The third-order valence-corrected chi connectivity index (χ3v) is 6.33. The molecule has 1 aliphatic heterocycles. The summed E-state index contributed by atoms with van der Waals surface area (Å²) in [6.45, 7) is 3.48. The van der Waals surface area contributed by atoms with E-state index in [-0.39, 0.29) is 23.3 Å². The van der Waals surface area contributed by atoms with Crippen molar-refractivity contribution in [1.82, 2.24) is 14.7 Å². The first-order valence-electron chi connectivity index (χ1n) is 11.7. The molecule has 3 amide bonds. The van der Waals surface area contributed by atoms with Crippen molar-refractivity contribution in [3.05, 3.63) is 101 Å². The number of nitrogens with one attached hydrogen (secondary N) is 1. The number of anilines is 1. The zero-order valence-electron chi connectivity index (χ0n) is 19.7. The Labute approximate surface area is 214 Å². The largest absolute Gasteiger partial charge is 0.336 e. The lowest BCUT2D eigenvalue weighted by atomic mass is 10.1. The molecule has 9 heteroatoms. The lowest BCUT2D eigenvalue weighted by Gasteiger charge is -2.36. The van der Waals surface area contributed by atoms with Gasteiger partial charge in [-0.05, 0) is 48.0 Å². The van der Waals surface area contributed by atoms with Gasteiger partial charge in [0, 0.05) is 56.5 Å². The number of piperazine rings is 1. The Morgan fingerprint density at radius 3 is 2.33 bits per heavy atom. The molecule has 6 nitrogen and oxygen atoms in total. The van der Waals surface area contributed by atoms with Crippen LogP contribution in [0, 0.1) is 11.6 Å². The van der Waals surface area contributed by atoms with Crippen molar-refractivity contribution >= 4 is 29.2 Å². The second kappa shape index (κ2) is 12.0. The van der Waals surface area contributed by atoms with E-state index in [0.29, 0.717) is 56.5 Å². The van der Waals surface area contributed by atoms with E-state index in [2.05, 4.69) is 10.2 Å². The van der Waals surface area contributed by atoms with Crippen LogP contribution in [0.5, 0.6) is 0 Å². The van der Waals surface area contributed by atoms with Crippen molar-refractivity contribution < 1.29 is 18.4 Å². The molecule has 4 rings (SSSR count). The second-order valence-corrected chi connectivity index (χ2v) is 9.04. The SMILES string of the molecule is O=C(Nc1cccc(Cl)c1)N(CCN1CCN(C(=O)c2ccccc2F)CC1)Cc1ccc(F)cc1. The molecule has 1 saturated heterocycles. The van der Waals surface area contributed by atoms with E-state index >= 15 is 0 Å². The fourth-order valence-corrected chi connectivity index (χ4v) is 4.26. The lowest BCUT2D eigenvalue weighted by molar-refractivity contribution is 0.0624. The van der Waals surface area contributed by atoms with Crippen LogP contribution < -0.4 is 5.32 Å². The number of hydrogen-bond acceptors (Lipinski definition) is 3. The highest BCUT2D eigenvalue weighted by Crippen LogP contribution is 2.17. The molecule has 0 aliphatic carbocycles. The molecule has 0 bridgehead atoms. The van der Waals surface area contributed by atoms with E-state index in [0.717, 1.165) is 5.56 Å². The highest BCUT2D eigenvalue weighted by molar-refractivity contribution is 6.30. The Bertz CT molecular complexity index is 1200. The molecule has 3 aromatic carbocycles. The number of carbonyl (C=O) groups excluding carboxylic acids is 2. The summed E-state index contributed by atoms with van der Waals surface area (Å²) in [6.07, 6.45) is 0. The lowest BCUT2D eigenvalue weighted by Crippen LogP contribution is -2.51. The number of hydrogen-bond donors (Lipinski definition) is 1. The number of nitrogens with zero attached hydrogens (tertiary/aromatic N) is 3. The Kier molecular flexibility index (Phi) is 8.51. The van der Waals surface area contributed by atoms with Gasteiger partial charge in [-0.1, -0.05) is 41.9 Å². The van der Waals surface area contributed by atoms with E-state index in [4.69, 9.17) is 11.6 Å². The van der Waals surface area contributed by atoms with Crippen LogP contribution in [-0.2, 0) is 6.54 Å². The molecule has 0 radical (unpaired) electrons. The molecular formula is C27H27ClF2N4O2. The van der Waals surface area contributed by atoms with Crippen molar-refractivity contribution in [2.24, 2.45) is 0 Å².